The van der Waals surface area contributed by atoms with Crippen LogP contribution in [0.15, 0.2) is 0 Å². The fraction of sp³-hybridized carbons (Fsp3) is 0.933. The minimum atomic E-state index is -0.416. The van der Waals surface area contributed by atoms with Crippen LogP contribution in [-0.2, 0) is 23.9 Å². The van der Waals surface area contributed by atoms with Gasteiger partial charge in [-0.3, -0.25) is 14.4 Å². The lowest BCUT2D eigenvalue weighted by Crippen LogP contribution is -2.50. The molecular weight excluding hydrogens is 620 g/mol. The van der Waals surface area contributed by atoms with E-state index in [1.807, 2.05) is 0 Å². The van der Waals surface area contributed by atoms with Gasteiger partial charge in [0.15, 0.2) is 0 Å². The molecule has 1 spiro atoms. The van der Waals surface area contributed by atoms with Crippen LogP contribution >= 0.6 is 0 Å². The standard InChI is InChI=1S/C27H42O2.C16H22O3.2CH4/c1-5-16-9-15(4)24-17-10-21(25(16)24)22(11-17)26(28)29-27(14(2)3)13-18-12-23(27)20-8-6-7-19(18)20;1-3-9-4-8(2)13-10-5-11(14(9)13)16(6-10)7-12(17)19-15(16)18;;/h14-25H,5-13H2,1-4H3;8-11,13-14H,3-7H2,1-2H3;2*1H4. The summed E-state index contributed by atoms with van der Waals surface area (Å²) in [5, 5.41) is 0. The van der Waals surface area contributed by atoms with Gasteiger partial charge >= 0.3 is 17.9 Å². The molecule has 10 aliphatic rings. The highest BCUT2D eigenvalue weighted by molar-refractivity contribution is 5.98. The average molecular weight is 693 g/mol. The highest BCUT2D eigenvalue weighted by Gasteiger charge is 2.70. The lowest BCUT2D eigenvalue weighted by molar-refractivity contribution is -0.186. The number of hydrogen-bond donors (Lipinski definition) is 0. The van der Waals surface area contributed by atoms with Crippen LogP contribution in [0.5, 0.6) is 0 Å². The van der Waals surface area contributed by atoms with E-state index in [1.54, 1.807) is 0 Å². The van der Waals surface area contributed by atoms with E-state index < -0.39 is 5.41 Å². The summed E-state index contributed by atoms with van der Waals surface area (Å²) in [6, 6.07) is 0. The van der Waals surface area contributed by atoms with Crippen LogP contribution in [0.2, 0.25) is 0 Å². The van der Waals surface area contributed by atoms with E-state index in [1.165, 1.54) is 70.6 Å². The van der Waals surface area contributed by atoms with Crippen molar-refractivity contribution < 1.29 is 23.9 Å². The highest BCUT2D eigenvalue weighted by Crippen LogP contribution is 2.71. The molecule has 10 rings (SSSR count). The smallest absolute Gasteiger partial charge is 0.320 e. The summed E-state index contributed by atoms with van der Waals surface area (Å²) in [7, 11) is 0. The Labute approximate surface area is 304 Å². The van der Waals surface area contributed by atoms with Crippen LogP contribution < -0.4 is 0 Å². The van der Waals surface area contributed by atoms with Gasteiger partial charge in [0, 0.05) is 5.92 Å². The first-order valence-corrected chi connectivity index (χ1v) is 21.0. The maximum atomic E-state index is 13.7. The molecule has 9 saturated carbocycles. The van der Waals surface area contributed by atoms with Crippen molar-refractivity contribution >= 4 is 17.9 Å². The van der Waals surface area contributed by atoms with Gasteiger partial charge in [-0.05, 0) is 159 Å². The summed E-state index contributed by atoms with van der Waals surface area (Å²) >= 11 is 0. The van der Waals surface area contributed by atoms with Crippen molar-refractivity contribution in [1.82, 2.24) is 0 Å². The van der Waals surface area contributed by atoms with E-state index in [2.05, 4.69) is 41.5 Å². The molecule has 0 aromatic heterocycles. The predicted octanol–water partition coefficient (Wildman–Crippen LogP) is 10.4. The van der Waals surface area contributed by atoms with Gasteiger partial charge in [0.1, 0.15) is 5.60 Å². The molecule has 1 aliphatic heterocycles. The average Bonchev–Trinajstić information content (AvgIpc) is 3.89. The first kappa shape index (κ1) is 36.9. The van der Waals surface area contributed by atoms with Gasteiger partial charge in [0.25, 0.3) is 0 Å². The van der Waals surface area contributed by atoms with Crippen LogP contribution in [0, 0.1) is 112 Å². The Morgan fingerprint density at radius 3 is 2.04 bits per heavy atom. The Morgan fingerprint density at radius 2 is 1.40 bits per heavy atom. The molecule has 1 heterocycles. The van der Waals surface area contributed by atoms with Crippen molar-refractivity contribution in [1.29, 1.82) is 0 Å². The number of fused-ring (bicyclic) bond motifs is 16. The number of carbonyl (C=O) groups is 3. The van der Waals surface area contributed by atoms with Gasteiger partial charge in [0.05, 0.1) is 17.8 Å². The van der Waals surface area contributed by atoms with E-state index in [0.29, 0.717) is 41.9 Å². The first-order valence-electron chi connectivity index (χ1n) is 21.0. The van der Waals surface area contributed by atoms with Crippen molar-refractivity contribution in [2.45, 2.75) is 152 Å². The molecule has 50 heavy (non-hydrogen) atoms. The summed E-state index contributed by atoms with van der Waals surface area (Å²) in [6.45, 7) is 14.2. The molecule has 282 valence electrons. The third-order valence-corrected chi connectivity index (χ3v) is 18.4. The number of ether oxygens (including phenoxy) is 2. The summed E-state index contributed by atoms with van der Waals surface area (Å²) in [4.78, 5) is 37.5. The molecule has 0 aromatic carbocycles. The lowest BCUT2D eigenvalue weighted by Gasteiger charge is -2.46. The van der Waals surface area contributed by atoms with Crippen molar-refractivity contribution in [3.8, 4) is 0 Å². The van der Waals surface area contributed by atoms with E-state index in [-0.39, 0.29) is 44.3 Å². The zero-order valence-corrected chi connectivity index (χ0v) is 30.8. The van der Waals surface area contributed by atoms with E-state index in [4.69, 9.17) is 9.47 Å². The second-order valence-electron chi connectivity index (χ2n) is 20.1. The van der Waals surface area contributed by atoms with E-state index in [9.17, 15) is 14.4 Å². The van der Waals surface area contributed by atoms with Gasteiger partial charge in [-0.15, -0.1) is 0 Å². The Kier molecular flexibility index (Phi) is 9.52. The number of hydrogen-bond acceptors (Lipinski definition) is 5. The van der Waals surface area contributed by atoms with Crippen molar-refractivity contribution in [3.05, 3.63) is 0 Å². The zero-order chi connectivity index (χ0) is 33.4. The van der Waals surface area contributed by atoms with Crippen LogP contribution in [-0.4, -0.2) is 23.5 Å². The SMILES string of the molecule is C.C.CCC1CC(C)C2C3CC(C(=O)OC4(C(C)C)CC5CC4C4CCCC54)C(C3)C12.CCC1CC(C)C2C3CC(C12)C1(CC(=O)OC1=O)C3. The van der Waals surface area contributed by atoms with Crippen molar-refractivity contribution in [3.63, 3.8) is 0 Å². The largest absolute Gasteiger partial charge is 0.458 e. The third kappa shape index (κ3) is 4.90. The topological polar surface area (TPSA) is 69.7 Å². The minimum Gasteiger partial charge on any atom is -0.458 e. The van der Waals surface area contributed by atoms with Gasteiger partial charge < -0.3 is 9.47 Å². The van der Waals surface area contributed by atoms with Gasteiger partial charge in [0.2, 0.25) is 0 Å². The Morgan fingerprint density at radius 1 is 0.760 bits per heavy atom. The fourth-order valence-electron chi connectivity index (χ4n) is 17.1. The molecule has 10 fully saturated rings. The molecule has 0 N–H and O–H groups in total. The molecule has 0 aromatic rings. The number of carbonyl (C=O) groups excluding carboxylic acids is 3. The molecular formula is C45H72O5. The quantitative estimate of drug-likeness (QED) is 0.212. The second-order valence-corrected chi connectivity index (χ2v) is 20.1. The number of cyclic esters (lactones) is 2. The molecule has 9 aliphatic carbocycles. The van der Waals surface area contributed by atoms with Crippen LogP contribution in [0.4, 0.5) is 0 Å². The molecule has 0 radical (unpaired) electrons. The summed E-state index contributed by atoms with van der Waals surface area (Å²) in [5.74, 6) is 12.8. The minimum absolute atomic E-state index is 0. The number of rotatable bonds is 5. The van der Waals surface area contributed by atoms with Crippen LogP contribution in [0.3, 0.4) is 0 Å². The van der Waals surface area contributed by atoms with Crippen molar-refractivity contribution in [2.24, 2.45) is 112 Å². The predicted molar refractivity (Wildman–Crippen MR) is 197 cm³/mol. The summed E-state index contributed by atoms with van der Waals surface area (Å²) in [6.07, 6.45) is 16.9. The van der Waals surface area contributed by atoms with E-state index in [0.717, 1.165) is 77.9 Å². The monoisotopic (exact) mass is 693 g/mol. The third-order valence-electron chi connectivity index (χ3n) is 18.4. The van der Waals surface area contributed by atoms with Crippen LogP contribution in [0.1, 0.15) is 146 Å². The van der Waals surface area contributed by atoms with Crippen LogP contribution in [0.25, 0.3) is 0 Å². The highest BCUT2D eigenvalue weighted by atomic mass is 16.6. The summed E-state index contributed by atoms with van der Waals surface area (Å²) in [5.41, 5.74) is -0.554. The Bertz CT molecular complexity index is 1340. The lowest BCUT2D eigenvalue weighted by atomic mass is 9.62. The molecule has 6 bridgehead atoms. The molecule has 19 atom stereocenters. The maximum absolute atomic E-state index is 13.7. The Balaban J connectivity index is 0.000000163. The number of esters is 3. The molecule has 19 unspecified atom stereocenters. The van der Waals surface area contributed by atoms with E-state index >= 15 is 0 Å². The molecule has 5 heteroatoms. The maximum Gasteiger partial charge on any atom is 0.320 e. The second kappa shape index (κ2) is 12.9. The zero-order valence-electron chi connectivity index (χ0n) is 30.8. The molecule has 1 saturated heterocycles. The molecule has 0 amide bonds. The fourth-order valence-corrected chi connectivity index (χ4v) is 17.1. The Hall–Kier alpha value is -1.39. The normalized spacial score (nSPS) is 53.9. The molecule has 5 nitrogen and oxygen atoms in total. The summed E-state index contributed by atoms with van der Waals surface area (Å²) < 4.78 is 11.7. The van der Waals surface area contributed by atoms with Gasteiger partial charge in [-0.25, -0.2) is 0 Å². The van der Waals surface area contributed by atoms with Gasteiger partial charge in [-0.2, -0.15) is 0 Å². The van der Waals surface area contributed by atoms with Gasteiger partial charge in [-0.1, -0.05) is 75.7 Å². The van der Waals surface area contributed by atoms with Crippen molar-refractivity contribution in [2.75, 3.05) is 0 Å². The first-order chi connectivity index (χ1) is 23.0.